The summed E-state index contributed by atoms with van der Waals surface area (Å²) in [6.45, 7) is 6.83. The first-order valence-electron chi connectivity index (χ1n) is 14.6. The summed E-state index contributed by atoms with van der Waals surface area (Å²) in [5, 5.41) is 21.0. The second-order valence-electron chi connectivity index (χ2n) is 11.1. The van der Waals surface area contributed by atoms with Gasteiger partial charge in [-0.1, -0.05) is 62.6 Å². The molecule has 42 heavy (non-hydrogen) atoms. The molecule has 3 aromatic heterocycles. The molecule has 0 aliphatic carbocycles. The van der Waals surface area contributed by atoms with Gasteiger partial charge in [-0.25, -0.2) is 14.4 Å². The van der Waals surface area contributed by atoms with Crippen LogP contribution in [0.5, 0.6) is 0 Å². The van der Waals surface area contributed by atoms with Gasteiger partial charge in [-0.2, -0.15) is 5.10 Å². The number of unbranched alkanes of at least 4 members (excludes halogenated alkanes) is 1. The Balaban J connectivity index is 1.39. The summed E-state index contributed by atoms with van der Waals surface area (Å²) in [6.07, 6.45) is 9.29. The first-order chi connectivity index (χ1) is 20.4. The molecule has 10 heteroatoms. The van der Waals surface area contributed by atoms with Gasteiger partial charge in [0.15, 0.2) is 11.2 Å². The fourth-order valence-corrected chi connectivity index (χ4v) is 6.88. The lowest BCUT2D eigenvalue weighted by molar-refractivity contribution is 0.328. The van der Waals surface area contributed by atoms with Crippen molar-refractivity contribution in [3.8, 4) is 11.1 Å². The van der Waals surface area contributed by atoms with Crippen LogP contribution >= 0.6 is 22.9 Å². The van der Waals surface area contributed by atoms with Gasteiger partial charge in [-0.15, -0.1) is 11.3 Å². The molecule has 6 rings (SSSR count). The lowest BCUT2D eigenvalue weighted by Crippen LogP contribution is -2.28. The van der Waals surface area contributed by atoms with Crippen LogP contribution in [-0.2, 0) is 13.0 Å². The number of imidazole rings is 1. The van der Waals surface area contributed by atoms with Crippen molar-refractivity contribution in [3.63, 3.8) is 0 Å². The zero-order chi connectivity index (χ0) is 29.4. The number of nitrogens with one attached hydrogen (secondary N) is 2. The Morgan fingerprint density at radius 1 is 1.24 bits per heavy atom. The van der Waals surface area contributed by atoms with Crippen molar-refractivity contribution in [2.45, 2.75) is 77.6 Å². The molecule has 2 unspecified atom stereocenters. The van der Waals surface area contributed by atoms with Gasteiger partial charge in [0, 0.05) is 35.3 Å². The number of hydrogen-bond donors (Lipinski definition) is 2. The molecule has 1 aliphatic rings. The summed E-state index contributed by atoms with van der Waals surface area (Å²) in [6, 6.07) is 10.2. The maximum Gasteiger partial charge on any atom is 0.188 e. The molecule has 0 saturated carbocycles. The van der Waals surface area contributed by atoms with E-state index in [1.807, 2.05) is 22.2 Å². The number of aryl methyl sites for hydroxylation is 1. The Hall–Kier alpha value is -3.56. The van der Waals surface area contributed by atoms with E-state index < -0.39 is 12.2 Å². The van der Waals surface area contributed by atoms with Crippen LogP contribution in [0.15, 0.2) is 54.4 Å². The number of thiazole rings is 1. The maximum atomic E-state index is 14.4. The minimum Gasteiger partial charge on any atom is -0.331 e. The summed E-state index contributed by atoms with van der Waals surface area (Å²) in [5.41, 5.74) is 6.66. The molecule has 1 aliphatic heterocycles. The molecular formula is C32H35ClFN7S. The van der Waals surface area contributed by atoms with Gasteiger partial charge < -0.3 is 9.88 Å². The van der Waals surface area contributed by atoms with Gasteiger partial charge in [0.2, 0.25) is 0 Å². The maximum absolute atomic E-state index is 14.4. The van der Waals surface area contributed by atoms with Crippen LogP contribution in [0.1, 0.15) is 74.0 Å². The zero-order valence-corrected chi connectivity index (χ0v) is 25.6. The minimum atomic E-state index is -0.968. The van der Waals surface area contributed by atoms with Gasteiger partial charge in [-0.3, -0.25) is 10.1 Å². The van der Waals surface area contributed by atoms with Crippen molar-refractivity contribution < 1.29 is 4.39 Å². The van der Waals surface area contributed by atoms with Crippen LogP contribution in [0.3, 0.4) is 0 Å². The fraction of sp³-hybridized carbons (Fsp3) is 0.375. The monoisotopic (exact) mass is 603 g/mol. The van der Waals surface area contributed by atoms with Crippen LogP contribution in [0, 0.1) is 12.3 Å². The van der Waals surface area contributed by atoms with E-state index in [0.29, 0.717) is 21.8 Å². The van der Waals surface area contributed by atoms with Crippen LogP contribution in [0.4, 0.5) is 9.52 Å². The molecule has 0 bridgehead atoms. The predicted molar refractivity (Wildman–Crippen MR) is 170 cm³/mol. The van der Waals surface area contributed by atoms with E-state index in [4.69, 9.17) is 22.1 Å². The van der Waals surface area contributed by atoms with E-state index in [2.05, 4.69) is 60.3 Å². The molecule has 0 radical (unpaired) electrons. The molecule has 0 fully saturated rings. The summed E-state index contributed by atoms with van der Waals surface area (Å²) in [4.78, 5) is 8.91. The number of benzene rings is 2. The summed E-state index contributed by atoms with van der Waals surface area (Å²) in [5.74, 6) is 0.726. The highest BCUT2D eigenvalue weighted by atomic mass is 35.5. The van der Waals surface area contributed by atoms with Crippen LogP contribution < -0.4 is 5.32 Å². The number of anilines is 1. The van der Waals surface area contributed by atoms with Crippen molar-refractivity contribution in [1.82, 2.24) is 24.3 Å². The van der Waals surface area contributed by atoms with E-state index in [1.54, 1.807) is 17.2 Å². The molecular weight excluding hydrogens is 569 g/mol. The van der Waals surface area contributed by atoms with Gasteiger partial charge in [-0.05, 0) is 54.0 Å². The van der Waals surface area contributed by atoms with Crippen LogP contribution in [0.25, 0.3) is 22.0 Å². The Morgan fingerprint density at radius 3 is 2.76 bits per heavy atom. The van der Waals surface area contributed by atoms with E-state index in [1.165, 1.54) is 36.2 Å². The molecule has 5 aromatic rings. The SMILES string of the molecule is CCCCC(CC)c1ccc(-c2cc(Cl)c3cn(C(C(=N)Nc4nccs4)c4ncn5c4C[C@@H](F)C5)nc3c2C)cc1. The minimum absolute atomic E-state index is 0.153. The van der Waals surface area contributed by atoms with Crippen molar-refractivity contribution in [2.75, 3.05) is 5.32 Å². The average molecular weight is 604 g/mol. The number of rotatable bonds is 10. The fourth-order valence-electron chi connectivity index (χ4n) is 6.09. The van der Waals surface area contributed by atoms with E-state index in [0.717, 1.165) is 39.7 Å². The Morgan fingerprint density at radius 2 is 2.05 bits per heavy atom. The van der Waals surface area contributed by atoms with Crippen molar-refractivity contribution in [1.29, 1.82) is 5.41 Å². The number of fused-ring (bicyclic) bond motifs is 2. The number of aromatic nitrogens is 5. The topological polar surface area (TPSA) is 84.4 Å². The quantitative estimate of drug-likeness (QED) is 0.124. The number of amidine groups is 1. The molecule has 0 amide bonds. The third-order valence-corrected chi connectivity index (χ3v) is 9.37. The highest BCUT2D eigenvalue weighted by molar-refractivity contribution is 7.13. The Bertz CT molecular complexity index is 1710. The molecule has 7 nitrogen and oxygen atoms in total. The first kappa shape index (κ1) is 28.6. The van der Waals surface area contributed by atoms with E-state index >= 15 is 0 Å². The van der Waals surface area contributed by atoms with E-state index in [9.17, 15) is 4.39 Å². The predicted octanol–water partition coefficient (Wildman–Crippen LogP) is 8.57. The molecule has 2 aromatic carbocycles. The van der Waals surface area contributed by atoms with E-state index in [-0.39, 0.29) is 18.8 Å². The molecule has 218 valence electrons. The third-order valence-electron chi connectivity index (χ3n) is 8.37. The average Bonchev–Trinajstić information content (AvgIpc) is 3.78. The first-order valence-corrected chi connectivity index (χ1v) is 15.8. The molecule has 0 spiro atoms. The van der Waals surface area contributed by atoms with Crippen molar-refractivity contribution in [3.05, 3.63) is 82.0 Å². The second kappa shape index (κ2) is 12.0. The van der Waals surface area contributed by atoms with Gasteiger partial charge >= 0.3 is 0 Å². The van der Waals surface area contributed by atoms with Crippen LogP contribution in [0.2, 0.25) is 5.02 Å². The highest BCUT2D eigenvalue weighted by Crippen LogP contribution is 2.37. The van der Waals surface area contributed by atoms with Gasteiger partial charge in [0.1, 0.15) is 12.0 Å². The lowest BCUT2D eigenvalue weighted by Gasteiger charge is -2.18. The van der Waals surface area contributed by atoms with Gasteiger partial charge in [0.25, 0.3) is 0 Å². The largest absolute Gasteiger partial charge is 0.331 e. The Labute approximate surface area is 254 Å². The summed E-state index contributed by atoms with van der Waals surface area (Å²) >= 11 is 8.30. The van der Waals surface area contributed by atoms with Crippen LogP contribution in [-0.4, -0.2) is 36.3 Å². The summed E-state index contributed by atoms with van der Waals surface area (Å²) < 4.78 is 17.9. The summed E-state index contributed by atoms with van der Waals surface area (Å²) in [7, 11) is 0. The number of alkyl halides is 1. The standard InChI is InChI=1S/C32H35ClFN7S/c1-4-6-7-20(5-2)21-8-10-22(11-9-21)24-15-26(33)25-17-41(39-28(25)19(24)3)30(31(35)38-32-36-12-13-42-32)29-27-14-23(34)16-40(27)18-37-29/h8-13,15,17-18,20,23,30H,4-7,14,16H2,1-3H3,(H2,35,36,38)/t20?,23-,30?/m1/s1. The zero-order valence-electron chi connectivity index (χ0n) is 24.1. The lowest BCUT2D eigenvalue weighted by atomic mass is 9.89. The highest BCUT2D eigenvalue weighted by Gasteiger charge is 2.33. The Kier molecular flexibility index (Phi) is 8.14. The molecule has 3 atom stereocenters. The number of hydrogen-bond acceptors (Lipinski definition) is 5. The number of nitrogens with zero attached hydrogens (tertiary/aromatic N) is 5. The molecule has 2 N–H and O–H groups in total. The van der Waals surface area contributed by atoms with Crippen molar-refractivity contribution >= 4 is 44.8 Å². The smallest absolute Gasteiger partial charge is 0.188 e. The van der Waals surface area contributed by atoms with Gasteiger partial charge in [0.05, 0.1) is 29.1 Å². The number of halogens is 2. The normalized spacial score (nSPS) is 16.1. The molecule has 0 saturated heterocycles. The second-order valence-corrected chi connectivity index (χ2v) is 12.4. The van der Waals surface area contributed by atoms with Crippen molar-refractivity contribution in [2.24, 2.45) is 0 Å². The molecule has 4 heterocycles. The third kappa shape index (κ3) is 5.36.